The molecule has 0 saturated carbocycles. The van der Waals surface area contributed by atoms with Crippen molar-refractivity contribution in [1.82, 2.24) is 9.88 Å². The standard InChI is InChI=1S/C21H20N2O3/c1-13-5-3-4-6-15(13)20(24)23-10-9-19-17(12-23)16-11-14(21(25)26-2)7-8-18(16)22-19/h3-8,11,22H,9-10,12H2,1-2H3. The number of aromatic nitrogens is 1. The lowest BCUT2D eigenvalue weighted by Gasteiger charge is -2.28. The van der Waals surface area contributed by atoms with Crippen LogP contribution in [-0.2, 0) is 17.7 Å². The minimum atomic E-state index is -0.356. The fourth-order valence-electron chi connectivity index (χ4n) is 3.62. The van der Waals surface area contributed by atoms with Crippen molar-refractivity contribution in [3.63, 3.8) is 0 Å². The normalized spacial score (nSPS) is 13.5. The Hall–Kier alpha value is -3.08. The molecule has 3 aromatic rings. The van der Waals surface area contributed by atoms with Crippen LogP contribution in [0.25, 0.3) is 10.9 Å². The lowest BCUT2D eigenvalue weighted by molar-refractivity contribution is 0.0600. The summed E-state index contributed by atoms with van der Waals surface area (Å²) in [7, 11) is 1.38. The SMILES string of the molecule is COC(=O)c1ccc2[nH]c3c(c2c1)CN(C(=O)c1ccccc1C)CC3. The molecule has 26 heavy (non-hydrogen) atoms. The minimum Gasteiger partial charge on any atom is -0.465 e. The van der Waals surface area contributed by atoms with Gasteiger partial charge in [-0.05, 0) is 36.8 Å². The number of H-pyrrole nitrogens is 1. The molecule has 5 heteroatoms. The maximum Gasteiger partial charge on any atom is 0.337 e. The number of benzene rings is 2. The molecule has 0 bridgehead atoms. The van der Waals surface area contributed by atoms with E-state index in [1.807, 2.05) is 48.2 Å². The van der Waals surface area contributed by atoms with Gasteiger partial charge in [-0.3, -0.25) is 4.79 Å². The second-order valence-electron chi connectivity index (χ2n) is 6.63. The average Bonchev–Trinajstić information content (AvgIpc) is 3.04. The molecule has 1 amide bonds. The molecule has 132 valence electrons. The van der Waals surface area contributed by atoms with Crippen LogP contribution in [0, 0.1) is 6.92 Å². The van der Waals surface area contributed by atoms with E-state index in [4.69, 9.17) is 4.74 Å². The van der Waals surface area contributed by atoms with Crippen molar-refractivity contribution in [2.45, 2.75) is 19.9 Å². The molecule has 2 heterocycles. The summed E-state index contributed by atoms with van der Waals surface area (Å²) in [6.07, 6.45) is 0.773. The van der Waals surface area contributed by atoms with E-state index in [0.717, 1.165) is 39.7 Å². The number of carbonyl (C=O) groups excluding carboxylic acids is 2. The molecule has 0 radical (unpaired) electrons. The number of esters is 1. The first-order valence-corrected chi connectivity index (χ1v) is 8.65. The highest BCUT2D eigenvalue weighted by Gasteiger charge is 2.25. The van der Waals surface area contributed by atoms with Crippen LogP contribution in [0.2, 0.25) is 0 Å². The van der Waals surface area contributed by atoms with Crippen LogP contribution in [0.3, 0.4) is 0 Å². The van der Waals surface area contributed by atoms with E-state index in [2.05, 4.69) is 4.98 Å². The van der Waals surface area contributed by atoms with Crippen LogP contribution in [0.5, 0.6) is 0 Å². The fourth-order valence-corrected chi connectivity index (χ4v) is 3.62. The Morgan fingerprint density at radius 1 is 1.15 bits per heavy atom. The lowest BCUT2D eigenvalue weighted by Crippen LogP contribution is -2.36. The number of aromatic amines is 1. The highest BCUT2D eigenvalue weighted by molar-refractivity contribution is 5.98. The molecule has 0 saturated heterocycles. The predicted molar refractivity (Wildman–Crippen MR) is 99.3 cm³/mol. The van der Waals surface area contributed by atoms with Crippen molar-refractivity contribution in [2.75, 3.05) is 13.7 Å². The number of nitrogens with one attached hydrogen (secondary N) is 1. The van der Waals surface area contributed by atoms with Crippen molar-refractivity contribution in [3.8, 4) is 0 Å². The van der Waals surface area contributed by atoms with Crippen molar-refractivity contribution in [2.24, 2.45) is 0 Å². The van der Waals surface area contributed by atoms with Gasteiger partial charge >= 0.3 is 5.97 Å². The number of carbonyl (C=O) groups is 2. The lowest BCUT2D eigenvalue weighted by atomic mass is 10.0. The molecule has 2 aromatic carbocycles. The zero-order valence-electron chi connectivity index (χ0n) is 14.8. The smallest absolute Gasteiger partial charge is 0.337 e. The Morgan fingerprint density at radius 2 is 1.96 bits per heavy atom. The molecule has 1 N–H and O–H groups in total. The third kappa shape index (κ3) is 2.65. The number of amides is 1. The number of rotatable bonds is 2. The summed E-state index contributed by atoms with van der Waals surface area (Å²) < 4.78 is 4.82. The molecule has 0 fully saturated rings. The summed E-state index contributed by atoms with van der Waals surface area (Å²) in [5, 5.41) is 0.977. The van der Waals surface area contributed by atoms with Gasteiger partial charge in [0, 0.05) is 47.2 Å². The molecule has 4 rings (SSSR count). The number of hydrogen-bond donors (Lipinski definition) is 1. The highest BCUT2D eigenvalue weighted by atomic mass is 16.5. The topological polar surface area (TPSA) is 62.4 Å². The molecular weight excluding hydrogens is 328 g/mol. The summed E-state index contributed by atoms with van der Waals surface area (Å²) in [5.74, 6) is -0.308. The number of ether oxygens (including phenoxy) is 1. The second kappa shape index (κ2) is 6.33. The van der Waals surface area contributed by atoms with Gasteiger partial charge in [-0.25, -0.2) is 4.79 Å². The molecule has 5 nitrogen and oxygen atoms in total. The maximum absolute atomic E-state index is 13.0. The molecule has 1 aliphatic rings. The highest BCUT2D eigenvalue weighted by Crippen LogP contribution is 2.29. The summed E-state index contributed by atoms with van der Waals surface area (Å²) in [6, 6.07) is 13.2. The van der Waals surface area contributed by atoms with E-state index in [1.165, 1.54) is 7.11 Å². The first-order valence-electron chi connectivity index (χ1n) is 8.65. The van der Waals surface area contributed by atoms with Gasteiger partial charge in [0.05, 0.1) is 12.7 Å². The molecular formula is C21H20N2O3. The van der Waals surface area contributed by atoms with E-state index < -0.39 is 0 Å². The van der Waals surface area contributed by atoms with Crippen LogP contribution < -0.4 is 0 Å². The largest absolute Gasteiger partial charge is 0.465 e. The summed E-state index contributed by atoms with van der Waals surface area (Å²) >= 11 is 0. The van der Waals surface area contributed by atoms with Gasteiger partial charge in [-0.1, -0.05) is 18.2 Å². The van der Waals surface area contributed by atoms with Gasteiger partial charge in [0.1, 0.15) is 0 Å². The number of methoxy groups -OCH3 is 1. The second-order valence-corrected chi connectivity index (χ2v) is 6.63. The molecule has 0 aliphatic carbocycles. The summed E-state index contributed by atoms with van der Waals surface area (Å²) in [6.45, 7) is 3.17. The average molecular weight is 348 g/mol. The van der Waals surface area contributed by atoms with E-state index in [-0.39, 0.29) is 11.9 Å². The summed E-state index contributed by atoms with van der Waals surface area (Å²) in [4.78, 5) is 30.1. The molecule has 1 aromatic heterocycles. The van der Waals surface area contributed by atoms with Crippen LogP contribution in [0.4, 0.5) is 0 Å². The quantitative estimate of drug-likeness (QED) is 0.722. The van der Waals surface area contributed by atoms with Crippen molar-refractivity contribution in [1.29, 1.82) is 0 Å². The van der Waals surface area contributed by atoms with Gasteiger partial charge in [0.2, 0.25) is 0 Å². The van der Waals surface area contributed by atoms with Gasteiger partial charge in [0.25, 0.3) is 5.91 Å². The summed E-state index contributed by atoms with van der Waals surface area (Å²) in [5.41, 5.74) is 5.44. The third-order valence-corrected chi connectivity index (χ3v) is 5.06. The molecule has 0 unspecified atom stereocenters. The minimum absolute atomic E-state index is 0.0484. The Kier molecular flexibility index (Phi) is 3.99. The van der Waals surface area contributed by atoms with Crippen LogP contribution in [0.15, 0.2) is 42.5 Å². The van der Waals surface area contributed by atoms with Gasteiger partial charge in [0.15, 0.2) is 0 Å². The number of hydrogen-bond acceptors (Lipinski definition) is 3. The number of aryl methyl sites for hydroxylation is 1. The molecule has 1 aliphatic heterocycles. The van der Waals surface area contributed by atoms with Gasteiger partial charge in [-0.2, -0.15) is 0 Å². The van der Waals surface area contributed by atoms with Crippen LogP contribution in [-0.4, -0.2) is 35.4 Å². The molecule has 0 atom stereocenters. The Balaban J connectivity index is 1.70. The Bertz CT molecular complexity index is 1020. The predicted octanol–water partition coefficient (Wildman–Crippen LogP) is 3.46. The zero-order valence-corrected chi connectivity index (χ0v) is 14.8. The van der Waals surface area contributed by atoms with E-state index in [0.29, 0.717) is 18.7 Å². The monoisotopic (exact) mass is 348 g/mol. The van der Waals surface area contributed by atoms with Crippen molar-refractivity contribution in [3.05, 3.63) is 70.4 Å². The Morgan fingerprint density at radius 3 is 2.73 bits per heavy atom. The first kappa shape index (κ1) is 16.4. The van der Waals surface area contributed by atoms with E-state index in [9.17, 15) is 9.59 Å². The van der Waals surface area contributed by atoms with Crippen LogP contribution in [0.1, 0.15) is 37.5 Å². The van der Waals surface area contributed by atoms with Crippen LogP contribution >= 0.6 is 0 Å². The van der Waals surface area contributed by atoms with Gasteiger partial charge in [-0.15, -0.1) is 0 Å². The third-order valence-electron chi connectivity index (χ3n) is 5.06. The Labute approximate surface area is 151 Å². The first-order chi connectivity index (χ1) is 12.6. The number of fused-ring (bicyclic) bond motifs is 3. The number of nitrogens with zero attached hydrogens (tertiary/aromatic N) is 1. The zero-order chi connectivity index (χ0) is 18.3. The molecule has 0 spiro atoms. The maximum atomic E-state index is 13.0. The van der Waals surface area contributed by atoms with Gasteiger partial charge < -0.3 is 14.6 Å². The van der Waals surface area contributed by atoms with Crippen molar-refractivity contribution < 1.29 is 14.3 Å². The fraction of sp³-hybridized carbons (Fsp3) is 0.238. The van der Waals surface area contributed by atoms with Crippen molar-refractivity contribution >= 4 is 22.8 Å². The van der Waals surface area contributed by atoms with E-state index in [1.54, 1.807) is 6.07 Å². The van der Waals surface area contributed by atoms with E-state index >= 15 is 0 Å².